The lowest BCUT2D eigenvalue weighted by atomic mass is 9.89. The Balaban J connectivity index is 1.39. The van der Waals surface area contributed by atoms with Gasteiger partial charge in [-0.05, 0) is 50.5 Å². The number of carbonyl (C=O) groups excluding carboxylic acids is 1. The summed E-state index contributed by atoms with van der Waals surface area (Å²) in [4.78, 5) is 12.4. The van der Waals surface area contributed by atoms with E-state index in [2.05, 4.69) is 10.6 Å². The third-order valence-electron chi connectivity index (χ3n) is 5.56. The molecule has 2 saturated heterocycles. The predicted molar refractivity (Wildman–Crippen MR) is 82.7 cm³/mol. The van der Waals surface area contributed by atoms with Crippen LogP contribution in [0.25, 0.3) is 0 Å². The van der Waals surface area contributed by atoms with Crippen LogP contribution in [0, 0.1) is 11.7 Å². The number of piperidine rings is 1. The normalized spacial score (nSPS) is 31.8. The van der Waals surface area contributed by atoms with Gasteiger partial charge < -0.3 is 10.6 Å². The van der Waals surface area contributed by atoms with Gasteiger partial charge in [-0.3, -0.25) is 4.79 Å². The van der Waals surface area contributed by atoms with Gasteiger partial charge in [0.05, 0.1) is 5.54 Å². The van der Waals surface area contributed by atoms with Crippen molar-refractivity contribution < 1.29 is 9.18 Å². The zero-order valence-electron chi connectivity index (χ0n) is 12.8. The molecule has 1 aromatic carbocycles. The Hall–Kier alpha value is -1.42. The Kier molecular flexibility index (Phi) is 3.44. The van der Waals surface area contributed by atoms with Gasteiger partial charge in [0.1, 0.15) is 5.82 Å². The first kappa shape index (κ1) is 14.2. The summed E-state index contributed by atoms with van der Waals surface area (Å²) in [6, 6.07) is 8.03. The van der Waals surface area contributed by atoms with Crippen LogP contribution in [-0.2, 0) is 10.3 Å². The molecule has 4 heteroatoms. The Labute approximate surface area is 130 Å². The first-order valence-corrected chi connectivity index (χ1v) is 8.47. The maximum atomic E-state index is 14.0. The van der Waals surface area contributed by atoms with Gasteiger partial charge in [-0.15, -0.1) is 0 Å². The molecule has 4 rings (SSSR count). The van der Waals surface area contributed by atoms with Crippen LogP contribution in [0.5, 0.6) is 0 Å². The lowest BCUT2D eigenvalue weighted by Crippen LogP contribution is -2.41. The van der Waals surface area contributed by atoms with E-state index in [4.69, 9.17) is 0 Å². The van der Waals surface area contributed by atoms with Gasteiger partial charge in [-0.1, -0.05) is 18.2 Å². The summed E-state index contributed by atoms with van der Waals surface area (Å²) in [5, 5.41) is 6.73. The fraction of sp³-hybridized carbons (Fsp3) is 0.611. The minimum absolute atomic E-state index is 0.0899. The Morgan fingerprint density at radius 2 is 1.91 bits per heavy atom. The molecule has 0 radical (unpaired) electrons. The van der Waals surface area contributed by atoms with E-state index in [1.54, 1.807) is 12.1 Å². The second kappa shape index (κ2) is 5.34. The van der Waals surface area contributed by atoms with Gasteiger partial charge in [0.2, 0.25) is 5.91 Å². The van der Waals surface area contributed by atoms with Crippen molar-refractivity contribution in [3.8, 4) is 0 Å². The van der Waals surface area contributed by atoms with Crippen LogP contribution in [0.2, 0.25) is 0 Å². The molecule has 2 atom stereocenters. The molecule has 0 aromatic heterocycles. The van der Waals surface area contributed by atoms with Crippen LogP contribution >= 0.6 is 0 Å². The van der Waals surface area contributed by atoms with Crippen LogP contribution in [-0.4, -0.2) is 18.0 Å². The highest BCUT2D eigenvalue weighted by Crippen LogP contribution is 2.46. The number of benzene rings is 1. The molecule has 3 fully saturated rings. The van der Waals surface area contributed by atoms with E-state index in [1.807, 2.05) is 6.07 Å². The van der Waals surface area contributed by atoms with Gasteiger partial charge in [0.15, 0.2) is 0 Å². The van der Waals surface area contributed by atoms with Crippen molar-refractivity contribution in [3.05, 3.63) is 35.6 Å². The molecular formula is C18H23FN2O. The molecule has 1 aliphatic carbocycles. The minimum atomic E-state index is -0.436. The Bertz CT molecular complexity index is 572. The van der Waals surface area contributed by atoms with Crippen molar-refractivity contribution in [2.24, 2.45) is 5.92 Å². The highest BCUT2D eigenvalue weighted by molar-refractivity contribution is 5.78. The maximum absolute atomic E-state index is 14.0. The summed E-state index contributed by atoms with van der Waals surface area (Å²) in [6.45, 7) is 0. The smallest absolute Gasteiger partial charge is 0.220 e. The van der Waals surface area contributed by atoms with Crippen molar-refractivity contribution in [2.45, 2.75) is 62.6 Å². The fourth-order valence-electron chi connectivity index (χ4n) is 4.36. The van der Waals surface area contributed by atoms with E-state index in [0.717, 1.165) is 25.7 Å². The topological polar surface area (TPSA) is 41.1 Å². The number of hydrogen-bond donors (Lipinski definition) is 2. The van der Waals surface area contributed by atoms with Crippen LogP contribution in [0.3, 0.4) is 0 Å². The molecule has 1 amide bonds. The monoisotopic (exact) mass is 302 g/mol. The molecule has 118 valence electrons. The van der Waals surface area contributed by atoms with Gasteiger partial charge in [0, 0.05) is 24.1 Å². The lowest BCUT2D eigenvalue weighted by molar-refractivity contribution is -0.123. The molecule has 1 aromatic rings. The van der Waals surface area contributed by atoms with E-state index >= 15 is 0 Å². The first-order valence-electron chi connectivity index (χ1n) is 8.47. The molecule has 2 unspecified atom stereocenters. The first-order chi connectivity index (χ1) is 10.6. The van der Waals surface area contributed by atoms with Gasteiger partial charge >= 0.3 is 0 Å². The number of rotatable bonds is 4. The number of carbonyl (C=O) groups is 1. The number of nitrogens with one attached hydrogen (secondary N) is 2. The van der Waals surface area contributed by atoms with E-state index in [0.29, 0.717) is 30.0 Å². The summed E-state index contributed by atoms with van der Waals surface area (Å²) in [5.74, 6) is 0.363. The van der Waals surface area contributed by atoms with Crippen molar-refractivity contribution in [2.75, 3.05) is 0 Å². The van der Waals surface area contributed by atoms with Crippen molar-refractivity contribution in [3.63, 3.8) is 0 Å². The summed E-state index contributed by atoms with van der Waals surface area (Å²) in [6.07, 6.45) is 7.00. The number of amides is 1. The lowest BCUT2D eigenvalue weighted by Gasteiger charge is -2.29. The highest BCUT2D eigenvalue weighted by Gasteiger charge is 2.47. The minimum Gasteiger partial charge on any atom is -0.346 e. The second-order valence-corrected chi connectivity index (χ2v) is 7.29. The van der Waals surface area contributed by atoms with Crippen molar-refractivity contribution >= 4 is 5.91 Å². The molecule has 0 spiro atoms. The summed E-state index contributed by atoms with van der Waals surface area (Å²) in [7, 11) is 0. The van der Waals surface area contributed by atoms with Gasteiger partial charge in [-0.25, -0.2) is 4.39 Å². The summed E-state index contributed by atoms with van der Waals surface area (Å²) >= 11 is 0. The SMILES string of the molecule is O=C(CC1CC2CCC(C1)N2)NC1(c2ccccc2F)CC1. The second-order valence-electron chi connectivity index (χ2n) is 7.29. The molecule has 2 aliphatic heterocycles. The zero-order chi connectivity index (χ0) is 15.2. The molecule has 1 saturated carbocycles. The van der Waals surface area contributed by atoms with Gasteiger partial charge in [-0.2, -0.15) is 0 Å². The highest BCUT2D eigenvalue weighted by atomic mass is 19.1. The Morgan fingerprint density at radius 1 is 1.23 bits per heavy atom. The largest absolute Gasteiger partial charge is 0.346 e. The molecule has 22 heavy (non-hydrogen) atoms. The number of fused-ring (bicyclic) bond motifs is 2. The third kappa shape index (κ3) is 2.65. The molecular weight excluding hydrogens is 279 g/mol. The number of halogens is 1. The predicted octanol–water partition coefficient (Wildman–Crippen LogP) is 2.85. The molecule has 3 nitrogen and oxygen atoms in total. The van der Waals surface area contributed by atoms with Crippen LogP contribution in [0.15, 0.2) is 24.3 Å². The fourth-order valence-corrected chi connectivity index (χ4v) is 4.36. The summed E-state index contributed by atoms with van der Waals surface area (Å²) in [5.41, 5.74) is 0.211. The number of hydrogen-bond acceptors (Lipinski definition) is 2. The molecule has 3 aliphatic rings. The standard InChI is InChI=1S/C18H23FN2O/c19-16-4-2-1-3-15(16)18(7-8-18)21-17(22)11-12-9-13-5-6-14(10-12)20-13/h1-4,12-14,20H,5-11H2,(H,21,22). The average Bonchev–Trinajstić information content (AvgIpc) is 3.17. The third-order valence-corrected chi connectivity index (χ3v) is 5.56. The quantitative estimate of drug-likeness (QED) is 0.898. The van der Waals surface area contributed by atoms with E-state index in [9.17, 15) is 9.18 Å². The van der Waals surface area contributed by atoms with Crippen LogP contribution in [0.1, 0.15) is 50.5 Å². The zero-order valence-corrected chi connectivity index (χ0v) is 12.8. The van der Waals surface area contributed by atoms with Crippen molar-refractivity contribution in [1.29, 1.82) is 0 Å². The molecule has 2 bridgehead atoms. The van der Waals surface area contributed by atoms with E-state index < -0.39 is 5.54 Å². The van der Waals surface area contributed by atoms with E-state index in [1.165, 1.54) is 18.9 Å². The maximum Gasteiger partial charge on any atom is 0.220 e. The average molecular weight is 302 g/mol. The molecule has 2 N–H and O–H groups in total. The van der Waals surface area contributed by atoms with Crippen LogP contribution < -0.4 is 10.6 Å². The Morgan fingerprint density at radius 3 is 2.55 bits per heavy atom. The van der Waals surface area contributed by atoms with Crippen molar-refractivity contribution in [1.82, 2.24) is 10.6 Å². The summed E-state index contributed by atoms with van der Waals surface area (Å²) < 4.78 is 14.0. The molecule has 2 heterocycles. The van der Waals surface area contributed by atoms with Gasteiger partial charge in [0.25, 0.3) is 0 Å². The van der Waals surface area contributed by atoms with Crippen LogP contribution in [0.4, 0.5) is 4.39 Å². The van der Waals surface area contributed by atoms with E-state index in [-0.39, 0.29) is 11.7 Å².